The summed E-state index contributed by atoms with van der Waals surface area (Å²) in [5, 5.41) is 12.1. The van der Waals surface area contributed by atoms with E-state index in [9.17, 15) is 4.79 Å². The molecule has 0 radical (unpaired) electrons. The molecule has 0 aromatic heterocycles. The standard InChI is InChI=1S/C15H22N2O3/c1-11(15(18)19)16-12-6-8-17(9-7-12)13-4-3-5-14(10-13)20-2/h3-5,10-12,16H,6-9H2,1-2H3,(H,18,19)/t11-/m0/s1. The number of rotatable bonds is 5. The first kappa shape index (κ1) is 14.7. The van der Waals surface area contributed by atoms with Gasteiger partial charge in [-0.2, -0.15) is 0 Å². The molecule has 20 heavy (non-hydrogen) atoms. The number of nitrogens with zero attached hydrogens (tertiary/aromatic N) is 1. The number of carboxylic acids is 1. The maximum absolute atomic E-state index is 10.8. The Labute approximate surface area is 119 Å². The number of carbonyl (C=O) groups is 1. The average molecular weight is 278 g/mol. The average Bonchev–Trinajstić information content (AvgIpc) is 2.48. The highest BCUT2D eigenvalue weighted by Gasteiger charge is 2.22. The lowest BCUT2D eigenvalue weighted by Crippen LogP contribution is -2.47. The van der Waals surface area contributed by atoms with E-state index in [2.05, 4.69) is 16.3 Å². The lowest BCUT2D eigenvalue weighted by Gasteiger charge is -2.34. The number of hydrogen-bond donors (Lipinski definition) is 2. The van der Waals surface area contributed by atoms with Gasteiger partial charge >= 0.3 is 5.97 Å². The van der Waals surface area contributed by atoms with Gasteiger partial charge in [0, 0.05) is 30.9 Å². The number of methoxy groups -OCH3 is 1. The van der Waals surface area contributed by atoms with Crippen LogP contribution in [0.5, 0.6) is 5.75 Å². The van der Waals surface area contributed by atoms with Crippen LogP contribution in [0.3, 0.4) is 0 Å². The number of piperidine rings is 1. The number of hydrogen-bond acceptors (Lipinski definition) is 4. The second kappa shape index (κ2) is 6.61. The molecule has 2 N–H and O–H groups in total. The van der Waals surface area contributed by atoms with Crippen molar-refractivity contribution >= 4 is 11.7 Å². The Morgan fingerprint density at radius 2 is 2.15 bits per heavy atom. The third kappa shape index (κ3) is 3.63. The third-order valence-electron chi connectivity index (χ3n) is 3.77. The second-order valence-corrected chi connectivity index (χ2v) is 5.19. The highest BCUT2D eigenvalue weighted by atomic mass is 16.5. The van der Waals surface area contributed by atoms with Crippen molar-refractivity contribution < 1.29 is 14.6 Å². The molecule has 5 heteroatoms. The Morgan fingerprint density at radius 3 is 2.75 bits per heavy atom. The molecule has 0 aliphatic carbocycles. The molecule has 1 heterocycles. The van der Waals surface area contributed by atoms with Crippen molar-refractivity contribution in [2.75, 3.05) is 25.1 Å². The Morgan fingerprint density at radius 1 is 1.45 bits per heavy atom. The number of carboxylic acid groups (broad SMARTS) is 1. The summed E-state index contributed by atoms with van der Waals surface area (Å²) in [6, 6.07) is 7.84. The monoisotopic (exact) mass is 278 g/mol. The van der Waals surface area contributed by atoms with Gasteiger partial charge < -0.3 is 20.1 Å². The van der Waals surface area contributed by atoms with Crippen LogP contribution in [-0.2, 0) is 4.79 Å². The largest absolute Gasteiger partial charge is 0.497 e. The molecule has 5 nitrogen and oxygen atoms in total. The molecule has 110 valence electrons. The predicted molar refractivity (Wildman–Crippen MR) is 78.5 cm³/mol. The first-order valence-electron chi connectivity index (χ1n) is 6.98. The van der Waals surface area contributed by atoms with Crippen LogP contribution < -0.4 is 15.0 Å². The molecule has 0 saturated carbocycles. The normalized spacial score (nSPS) is 17.8. The molecule has 1 aliphatic rings. The summed E-state index contributed by atoms with van der Waals surface area (Å²) in [7, 11) is 1.67. The molecule has 1 aromatic rings. The second-order valence-electron chi connectivity index (χ2n) is 5.19. The molecule has 1 atom stereocenters. The minimum Gasteiger partial charge on any atom is -0.497 e. The first-order valence-corrected chi connectivity index (χ1v) is 6.98. The molecule has 1 saturated heterocycles. The van der Waals surface area contributed by atoms with Crippen LogP contribution in [0.25, 0.3) is 0 Å². The van der Waals surface area contributed by atoms with E-state index in [1.165, 1.54) is 0 Å². The van der Waals surface area contributed by atoms with Crippen LogP contribution in [-0.4, -0.2) is 43.4 Å². The maximum Gasteiger partial charge on any atom is 0.320 e. The van der Waals surface area contributed by atoms with Gasteiger partial charge in [0.1, 0.15) is 11.8 Å². The minimum atomic E-state index is -0.791. The van der Waals surface area contributed by atoms with Crippen molar-refractivity contribution in [2.45, 2.75) is 31.8 Å². The SMILES string of the molecule is COc1cccc(N2CCC(N[C@@H](C)C(=O)O)CC2)c1. The lowest BCUT2D eigenvalue weighted by atomic mass is 10.0. The highest BCUT2D eigenvalue weighted by Crippen LogP contribution is 2.24. The van der Waals surface area contributed by atoms with Gasteiger partial charge in [-0.1, -0.05) is 6.07 Å². The summed E-state index contributed by atoms with van der Waals surface area (Å²) in [6.07, 6.45) is 1.91. The first-order chi connectivity index (χ1) is 9.60. The Kier molecular flexibility index (Phi) is 4.84. The predicted octanol–water partition coefficient (Wildman–Crippen LogP) is 1.73. The van der Waals surface area contributed by atoms with Gasteiger partial charge in [-0.25, -0.2) is 0 Å². The molecule has 1 aromatic carbocycles. The van der Waals surface area contributed by atoms with Gasteiger partial charge in [0.25, 0.3) is 0 Å². The quantitative estimate of drug-likeness (QED) is 0.859. The summed E-state index contributed by atoms with van der Waals surface area (Å²) in [5.74, 6) is 0.0717. The van der Waals surface area contributed by atoms with Gasteiger partial charge in [-0.05, 0) is 31.9 Å². The lowest BCUT2D eigenvalue weighted by molar-refractivity contribution is -0.139. The summed E-state index contributed by atoms with van der Waals surface area (Å²) in [4.78, 5) is 13.2. The van der Waals surface area contributed by atoms with Crippen LogP contribution in [0.2, 0.25) is 0 Å². The van der Waals surface area contributed by atoms with E-state index in [1.54, 1.807) is 14.0 Å². The van der Waals surface area contributed by atoms with Crippen LogP contribution >= 0.6 is 0 Å². The van der Waals surface area contributed by atoms with Crippen LogP contribution in [0, 0.1) is 0 Å². The van der Waals surface area contributed by atoms with E-state index in [0.717, 1.165) is 37.4 Å². The molecular formula is C15H22N2O3. The van der Waals surface area contributed by atoms with Crippen molar-refractivity contribution in [1.29, 1.82) is 0 Å². The number of aliphatic carboxylic acids is 1. The summed E-state index contributed by atoms with van der Waals surface area (Å²) >= 11 is 0. The fourth-order valence-corrected chi connectivity index (χ4v) is 2.54. The van der Waals surface area contributed by atoms with E-state index in [-0.39, 0.29) is 6.04 Å². The van der Waals surface area contributed by atoms with Crippen LogP contribution in [0.15, 0.2) is 24.3 Å². The van der Waals surface area contributed by atoms with E-state index in [0.29, 0.717) is 0 Å². The highest BCUT2D eigenvalue weighted by molar-refractivity contribution is 5.72. The maximum atomic E-state index is 10.8. The Hall–Kier alpha value is -1.75. The number of ether oxygens (including phenoxy) is 1. The smallest absolute Gasteiger partial charge is 0.320 e. The minimum absolute atomic E-state index is 0.281. The van der Waals surface area contributed by atoms with E-state index in [4.69, 9.17) is 9.84 Å². The van der Waals surface area contributed by atoms with E-state index >= 15 is 0 Å². The Bertz CT molecular complexity index is 456. The van der Waals surface area contributed by atoms with Crippen molar-refractivity contribution in [3.63, 3.8) is 0 Å². The zero-order chi connectivity index (χ0) is 14.5. The summed E-state index contributed by atoms with van der Waals surface area (Å²) in [5.41, 5.74) is 1.16. The van der Waals surface area contributed by atoms with E-state index in [1.807, 2.05) is 18.2 Å². The van der Waals surface area contributed by atoms with Crippen LogP contribution in [0.4, 0.5) is 5.69 Å². The molecule has 0 unspecified atom stereocenters. The van der Waals surface area contributed by atoms with Crippen molar-refractivity contribution in [1.82, 2.24) is 5.32 Å². The molecular weight excluding hydrogens is 256 g/mol. The van der Waals surface area contributed by atoms with Crippen LogP contribution in [0.1, 0.15) is 19.8 Å². The fraction of sp³-hybridized carbons (Fsp3) is 0.533. The van der Waals surface area contributed by atoms with Gasteiger partial charge in [0.2, 0.25) is 0 Å². The van der Waals surface area contributed by atoms with Crippen molar-refractivity contribution in [3.05, 3.63) is 24.3 Å². The third-order valence-corrected chi connectivity index (χ3v) is 3.77. The molecule has 0 bridgehead atoms. The molecule has 2 rings (SSSR count). The van der Waals surface area contributed by atoms with Gasteiger partial charge in [-0.15, -0.1) is 0 Å². The summed E-state index contributed by atoms with van der Waals surface area (Å²) < 4.78 is 5.24. The van der Waals surface area contributed by atoms with E-state index < -0.39 is 12.0 Å². The topological polar surface area (TPSA) is 61.8 Å². The number of anilines is 1. The van der Waals surface area contributed by atoms with Gasteiger partial charge in [0.05, 0.1) is 7.11 Å². The molecule has 0 spiro atoms. The van der Waals surface area contributed by atoms with Gasteiger partial charge in [-0.3, -0.25) is 4.79 Å². The number of benzene rings is 1. The zero-order valence-corrected chi connectivity index (χ0v) is 12.0. The molecule has 1 aliphatic heterocycles. The van der Waals surface area contributed by atoms with Crippen molar-refractivity contribution in [3.8, 4) is 5.75 Å². The Balaban J connectivity index is 1.89. The van der Waals surface area contributed by atoms with Gasteiger partial charge in [0.15, 0.2) is 0 Å². The van der Waals surface area contributed by atoms with Crippen molar-refractivity contribution in [2.24, 2.45) is 0 Å². The molecule has 0 amide bonds. The summed E-state index contributed by atoms with van der Waals surface area (Å²) in [6.45, 7) is 3.55. The fourth-order valence-electron chi connectivity index (χ4n) is 2.54. The zero-order valence-electron chi connectivity index (χ0n) is 12.0. The number of nitrogens with one attached hydrogen (secondary N) is 1. The molecule has 1 fully saturated rings.